The van der Waals surface area contributed by atoms with Crippen molar-refractivity contribution in [2.45, 2.75) is 31.8 Å². The second kappa shape index (κ2) is 6.05. The molecule has 1 aliphatic heterocycles. The minimum absolute atomic E-state index is 0.0480. The zero-order valence-electron chi connectivity index (χ0n) is 11.5. The largest absolute Gasteiger partial charge is 0.480 e. The molecule has 0 spiro atoms. The van der Waals surface area contributed by atoms with Gasteiger partial charge in [-0.05, 0) is 24.3 Å². The number of hydrogen-bond acceptors (Lipinski definition) is 3. The molecule has 1 aromatic carbocycles. The van der Waals surface area contributed by atoms with Crippen molar-refractivity contribution >= 4 is 11.9 Å². The number of nitrogens with two attached hydrogens (primary N) is 1. The lowest BCUT2D eigenvalue weighted by atomic mass is 9.90. The molecule has 1 aliphatic rings. The first kappa shape index (κ1) is 14.5. The first-order valence-corrected chi connectivity index (χ1v) is 6.86. The summed E-state index contributed by atoms with van der Waals surface area (Å²) in [4.78, 5) is 25.3. The number of carbonyl (C=O) groups is 2. The SMILES string of the molecule is CC1CCCN(C(=O)[C@H](N)c2ccccc2)C1C(=O)O. The van der Waals surface area contributed by atoms with Crippen LogP contribution < -0.4 is 5.73 Å². The Bertz CT molecular complexity index is 489. The van der Waals surface area contributed by atoms with Gasteiger partial charge in [0.25, 0.3) is 0 Å². The van der Waals surface area contributed by atoms with Crippen LogP contribution in [0.2, 0.25) is 0 Å². The predicted octanol–water partition coefficient (Wildman–Crippen LogP) is 1.40. The lowest BCUT2D eigenvalue weighted by molar-refractivity contribution is -0.155. The molecule has 0 bridgehead atoms. The minimum atomic E-state index is -0.953. The van der Waals surface area contributed by atoms with Crippen LogP contribution in [0.1, 0.15) is 31.4 Å². The number of likely N-dealkylation sites (tertiary alicyclic amines) is 1. The summed E-state index contributed by atoms with van der Waals surface area (Å²) in [6.07, 6.45) is 1.64. The summed E-state index contributed by atoms with van der Waals surface area (Å²) in [6.45, 7) is 2.33. The number of benzene rings is 1. The lowest BCUT2D eigenvalue weighted by Crippen LogP contribution is -2.54. The number of carbonyl (C=O) groups excluding carboxylic acids is 1. The Morgan fingerprint density at radius 3 is 2.60 bits per heavy atom. The van der Waals surface area contributed by atoms with Crippen molar-refractivity contribution in [3.63, 3.8) is 0 Å². The van der Waals surface area contributed by atoms with Crippen LogP contribution in [0.15, 0.2) is 30.3 Å². The highest BCUT2D eigenvalue weighted by molar-refractivity contribution is 5.88. The second-order valence-electron chi connectivity index (χ2n) is 5.32. The van der Waals surface area contributed by atoms with E-state index >= 15 is 0 Å². The predicted molar refractivity (Wildman–Crippen MR) is 74.9 cm³/mol. The topological polar surface area (TPSA) is 83.6 Å². The summed E-state index contributed by atoms with van der Waals surface area (Å²) in [6, 6.07) is 7.47. The Morgan fingerprint density at radius 1 is 1.35 bits per heavy atom. The van der Waals surface area contributed by atoms with Crippen molar-refractivity contribution in [1.29, 1.82) is 0 Å². The molecule has 0 aromatic heterocycles. The molecular weight excluding hydrogens is 256 g/mol. The van der Waals surface area contributed by atoms with Gasteiger partial charge in [-0.25, -0.2) is 4.79 Å². The monoisotopic (exact) mass is 276 g/mol. The highest BCUT2D eigenvalue weighted by Crippen LogP contribution is 2.26. The van der Waals surface area contributed by atoms with Crippen LogP contribution in [-0.4, -0.2) is 34.5 Å². The van der Waals surface area contributed by atoms with Gasteiger partial charge >= 0.3 is 5.97 Å². The maximum Gasteiger partial charge on any atom is 0.326 e. The van der Waals surface area contributed by atoms with Gasteiger partial charge in [0.1, 0.15) is 12.1 Å². The van der Waals surface area contributed by atoms with E-state index in [0.717, 1.165) is 12.8 Å². The molecule has 2 unspecified atom stereocenters. The molecule has 5 nitrogen and oxygen atoms in total. The third kappa shape index (κ3) is 2.82. The first-order chi connectivity index (χ1) is 9.52. The second-order valence-corrected chi connectivity index (χ2v) is 5.32. The normalized spacial score (nSPS) is 24.2. The Hall–Kier alpha value is -1.88. The zero-order valence-corrected chi connectivity index (χ0v) is 11.5. The molecule has 3 N–H and O–H groups in total. The van der Waals surface area contributed by atoms with Gasteiger partial charge in [-0.2, -0.15) is 0 Å². The minimum Gasteiger partial charge on any atom is -0.480 e. The third-order valence-corrected chi connectivity index (χ3v) is 3.89. The van der Waals surface area contributed by atoms with Crippen molar-refractivity contribution in [3.8, 4) is 0 Å². The van der Waals surface area contributed by atoms with E-state index in [1.165, 1.54) is 4.90 Å². The van der Waals surface area contributed by atoms with Crippen LogP contribution >= 0.6 is 0 Å². The molecule has 1 fully saturated rings. The molecule has 0 saturated carbocycles. The van der Waals surface area contributed by atoms with E-state index in [2.05, 4.69) is 0 Å². The summed E-state index contributed by atoms with van der Waals surface area (Å²) in [7, 11) is 0. The van der Waals surface area contributed by atoms with Gasteiger partial charge in [-0.3, -0.25) is 4.79 Å². The van der Waals surface area contributed by atoms with Crippen molar-refractivity contribution in [1.82, 2.24) is 4.90 Å². The molecular formula is C15H20N2O3. The third-order valence-electron chi connectivity index (χ3n) is 3.89. The summed E-state index contributed by atoms with van der Waals surface area (Å²) in [5.41, 5.74) is 6.70. The maximum atomic E-state index is 12.5. The molecule has 20 heavy (non-hydrogen) atoms. The van der Waals surface area contributed by atoms with Crippen molar-refractivity contribution < 1.29 is 14.7 Å². The molecule has 1 amide bonds. The standard InChI is InChI=1S/C15H20N2O3/c1-10-6-5-9-17(13(10)15(19)20)14(18)12(16)11-7-3-2-4-8-11/h2-4,7-8,10,12-13H,5-6,9,16H2,1H3,(H,19,20)/t10?,12-,13?/m1/s1. The Kier molecular flexibility index (Phi) is 4.39. The van der Waals surface area contributed by atoms with E-state index in [4.69, 9.17) is 5.73 Å². The van der Waals surface area contributed by atoms with E-state index in [1.54, 1.807) is 12.1 Å². The number of carboxylic acid groups (broad SMARTS) is 1. The van der Waals surface area contributed by atoms with Crippen LogP contribution in [-0.2, 0) is 9.59 Å². The van der Waals surface area contributed by atoms with Crippen LogP contribution in [0.25, 0.3) is 0 Å². The van der Waals surface area contributed by atoms with Gasteiger partial charge < -0.3 is 15.7 Å². The molecule has 1 saturated heterocycles. The molecule has 1 aromatic rings. The molecule has 0 aliphatic carbocycles. The average Bonchev–Trinajstić information content (AvgIpc) is 2.46. The van der Waals surface area contributed by atoms with Gasteiger partial charge in [-0.15, -0.1) is 0 Å². The average molecular weight is 276 g/mol. The molecule has 0 radical (unpaired) electrons. The van der Waals surface area contributed by atoms with Crippen LogP contribution in [0.5, 0.6) is 0 Å². The van der Waals surface area contributed by atoms with Gasteiger partial charge in [0, 0.05) is 6.54 Å². The number of hydrogen-bond donors (Lipinski definition) is 2. The molecule has 108 valence electrons. The maximum absolute atomic E-state index is 12.5. The molecule has 3 atom stereocenters. The lowest BCUT2D eigenvalue weighted by Gasteiger charge is -2.38. The summed E-state index contributed by atoms with van der Waals surface area (Å²) < 4.78 is 0. The van der Waals surface area contributed by atoms with E-state index in [0.29, 0.717) is 12.1 Å². The van der Waals surface area contributed by atoms with Crippen LogP contribution in [0.4, 0.5) is 0 Å². The van der Waals surface area contributed by atoms with Gasteiger partial charge in [-0.1, -0.05) is 37.3 Å². The van der Waals surface area contributed by atoms with Gasteiger partial charge in [0.05, 0.1) is 0 Å². The molecule has 2 rings (SSSR count). The number of amides is 1. The Labute approximate surface area is 118 Å². The van der Waals surface area contributed by atoms with Gasteiger partial charge in [0.2, 0.25) is 5.91 Å². The van der Waals surface area contributed by atoms with Crippen molar-refractivity contribution in [2.75, 3.05) is 6.54 Å². The summed E-state index contributed by atoms with van der Waals surface area (Å²) >= 11 is 0. The fraction of sp³-hybridized carbons (Fsp3) is 0.467. The van der Waals surface area contributed by atoms with Gasteiger partial charge in [0.15, 0.2) is 0 Å². The van der Waals surface area contributed by atoms with Crippen molar-refractivity contribution in [2.24, 2.45) is 11.7 Å². The van der Waals surface area contributed by atoms with E-state index in [-0.39, 0.29) is 11.8 Å². The molecule has 1 heterocycles. The number of rotatable bonds is 3. The van der Waals surface area contributed by atoms with E-state index < -0.39 is 18.1 Å². The highest BCUT2D eigenvalue weighted by Gasteiger charge is 2.38. The number of carboxylic acids is 1. The van der Waals surface area contributed by atoms with Crippen molar-refractivity contribution in [3.05, 3.63) is 35.9 Å². The molecule has 5 heteroatoms. The van der Waals surface area contributed by atoms with Crippen LogP contribution in [0, 0.1) is 5.92 Å². The number of piperidine rings is 1. The van der Waals surface area contributed by atoms with E-state index in [9.17, 15) is 14.7 Å². The van der Waals surface area contributed by atoms with Crippen LogP contribution in [0.3, 0.4) is 0 Å². The quantitative estimate of drug-likeness (QED) is 0.874. The first-order valence-electron chi connectivity index (χ1n) is 6.86. The number of aliphatic carboxylic acids is 1. The smallest absolute Gasteiger partial charge is 0.326 e. The van der Waals surface area contributed by atoms with E-state index in [1.807, 2.05) is 25.1 Å². The summed E-state index contributed by atoms with van der Waals surface area (Å²) in [5, 5.41) is 9.35. The Balaban J connectivity index is 2.20. The fourth-order valence-electron chi connectivity index (χ4n) is 2.79. The number of nitrogens with zero attached hydrogens (tertiary/aromatic N) is 1. The fourth-order valence-corrected chi connectivity index (χ4v) is 2.79. The zero-order chi connectivity index (χ0) is 14.7. The highest BCUT2D eigenvalue weighted by atomic mass is 16.4. The summed E-state index contributed by atoms with van der Waals surface area (Å²) in [5.74, 6) is -1.31. The Morgan fingerprint density at radius 2 is 2.00 bits per heavy atom.